The lowest BCUT2D eigenvalue weighted by Crippen LogP contribution is -2.24. The standard InChI is InChI=1S/C15H22N2/c1-5-7-13-17(4)15-11-9-8-10-14(15)16(3)12-6-2/h2,8-11H,5,7,12-13H2,1,3-4H3. The highest BCUT2D eigenvalue weighted by atomic mass is 15.2. The summed E-state index contributed by atoms with van der Waals surface area (Å²) in [7, 11) is 4.17. The first-order valence-corrected chi connectivity index (χ1v) is 6.15. The monoisotopic (exact) mass is 230 g/mol. The maximum atomic E-state index is 5.37. The van der Waals surface area contributed by atoms with Gasteiger partial charge in [0.1, 0.15) is 0 Å². The molecule has 0 heterocycles. The van der Waals surface area contributed by atoms with Crippen molar-refractivity contribution in [3.05, 3.63) is 24.3 Å². The molecule has 0 saturated heterocycles. The van der Waals surface area contributed by atoms with Gasteiger partial charge in [-0.25, -0.2) is 0 Å². The fourth-order valence-electron chi connectivity index (χ4n) is 1.85. The van der Waals surface area contributed by atoms with E-state index >= 15 is 0 Å². The minimum Gasteiger partial charge on any atom is -0.373 e. The molecule has 0 aliphatic carbocycles. The minimum absolute atomic E-state index is 0.638. The third-order valence-corrected chi connectivity index (χ3v) is 2.88. The molecule has 0 fully saturated rings. The van der Waals surface area contributed by atoms with Gasteiger partial charge in [-0.1, -0.05) is 31.4 Å². The predicted octanol–water partition coefficient (Wildman–Crippen LogP) is 2.99. The summed E-state index contributed by atoms with van der Waals surface area (Å²) in [5, 5.41) is 0. The molecule has 0 atom stereocenters. The van der Waals surface area contributed by atoms with Crippen LogP contribution in [0, 0.1) is 12.3 Å². The van der Waals surface area contributed by atoms with Crippen LogP contribution in [0.5, 0.6) is 0 Å². The molecule has 2 heteroatoms. The molecule has 92 valence electrons. The zero-order chi connectivity index (χ0) is 12.7. The molecular formula is C15H22N2. The number of para-hydroxylation sites is 2. The van der Waals surface area contributed by atoms with Crippen molar-refractivity contribution in [2.75, 3.05) is 37.0 Å². The van der Waals surface area contributed by atoms with Gasteiger partial charge in [0.05, 0.1) is 17.9 Å². The first-order valence-electron chi connectivity index (χ1n) is 6.15. The molecule has 0 amide bonds. The van der Waals surface area contributed by atoms with Crippen LogP contribution in [-0.4, -0.2) is 27.2 Å². The van der Waals surface area contributed by atoms with E-state index in [1.165, 1.54) is 24.2 Å². The van der Waals surface area contributed by atoms with Crippen LogP contribution in [0.4, 0.5) is 11.4 Å². The normalized spacial score (nSPS) is 9.76. The average Bonchev–Trinajstić information content (AvgIpc) is 2.36. The van der Waals surface area contributed by atoms with Crippen LogP contribution in [0.15, 0.2) is 24.3 Å². The van der Waals surface area contributed by atoms with Crippen molar-refractivity contribution in [1.29, 1.82) is 0 Å². The Kier molecular flexibility index (Phi) is 5.42. The fourth-order valence-corrected chi connectivity index (χ4v) is 1.85. The van der Waals surface area contributed by atoms with E-state index in [0.717, 1.165) is 6.54 Å². The number of hydrogen-bond donors (Lipinski definition) is 0. The molecule has 0 saturated carbocycles. The van der Waals surface area contributed by atoms with E-state index in [9.17, 15) is 0 Å². The van der Waals surface area contributed by atoms with Crippen LogP contribution in [0.3, 0.4) is 0 Å². The van der Waals surface area contributed by atoms with Gasteiger partial charge in [-0.05, 0) is 18.6 Å². The fraction of sp³-hybridized carbons (Fsp3) is 0.467. The zero-order valence-corrected chi connectivity index (χ0v) is 11.1. The summed E-state index contributed by atoms with van der Waals surface area (Å²) in [6, 6.07) is 8.40. The number of unbranched alkanes of at least 4 members (excludes halogenated alkanes) is 1. The van der Waals surface area contributed by atoms with Crippen molar-refractivity contribution >= 4 is 11.4 Å². The van der Waals surface area contributed by atoms with Crippen molar-refractivity contribution in [2.45, 2.75) is 19.8 Å². The molecule has 0 bridgehead atoms. The average molecular weight is 230 g/mol. The SMILES string of the molecule is C#CCN(C)c1ccccc1N(C)CCCC. The van der Waals surface area contributed by atoms with Crippen LogP contribution in [0.25, 0.3) is 0 Å². The highest BCUT2D eigenvalue weighted by Crippen LogP contribution is 2.27. The van der Waals surface area contributed by atoms with E-state index in [-0.39, 0.29) is 0 Å². The second kappa shape index (κ2) is 6.85. The summed E-state index contributed by atoms with van der Waals surface area (Å²) < 4.78 is 0. The number of nitrogens with zero attached hydrogens (tertiary/aromatic N) is 2. The summed E-state index contributed by atoms with van der Waals surface area (Å²) in [5.41, 5.74) is 2.45. The molecule has 0 spiro atoms. The summed E-state index contributed by atoms with van der Waals surface area (Å²) in [4.78, 5) is 4.41. The van der Waals surface area contributed by atoms with Crippen molar-refractivity contribution in [1.82, 2.24) is 0 Å². The van der Waals surface area contributed by atoms with E-state index in [1.54, 1.807) is 0 Å². The van der Waals surface area contributed by atoms with Crippen molar-refractivity contribution in [2.24, 2.45) is 0 Å². The van der Waals surface area contributed by atoms with E-state index in [4.69, 9.17) is 6.42 Å². The van der Waals surface area contributed by atoms with Crippen LogP contribution >= 0.6 is 0 Å². The number of hydrogen-bond acceptors (Lipinski definition) is 2. The molecular weight excluding hydrogens is 208 g/mol. The van der Waals surface area contributed by atoms with E-state index in [1.807, 2.05) is 7.05 Å². The van der Waals surface area contributed by atoms with Crippen LogP contribution < -0.4 is 9.80 Å². The molecule has 1 aromatic rings. The highest BCUT2D eigenvalue weighted by Gasteiger charge is 2.09. The Hall–Kier alpha value is -1.62. The topological polar surface area (TPSA) is 6.48 Å². The van der Waals surface area contributed by atoms with Gasteiger partial charge in [-0.3, -0.25) is 0 Å². The number of anilines is 2. The Morgan fingerprint density at radius 2 is 1.71 bits per heavy atom. The van der Waals surface area contributed by atoms with E-state index < -0.39 is 0 Å². The molecule has 17 heavy (non-hydrogen) atoms. The van der Waals surface area contributed by atoms with Crippen LogP contribution in [-0.2, 0) is 0 Å². The molecule has 1 aromatic carbocycles. The number of benzene rings is 1. The Balaban J connectivity index is 2.87. The van der Waals surface area contributed by atoms with Crippen molar-refractivity contribution in [3.8, 4) is 12.3 Å². The lowest BCUT2D eigenvalue weighted by Gasteiger charge is -2.26. The highest BCUT2D eigenvalue weighted by molar-refractivity contribution is 5.71. The smallest absolute Gasteiger partial charge is 0.0789 e. The van der Waals surface area contributed by atoms with Crippen LogP contribution in [0.2, 0.25) is 0 Å². The molecule has 0 aliphatic rings. The van der Waals surface area contributed by atoms with Gasteiger partial charge in [0, 0.05) is 20.6 Å². The summed E-state index contributed by atoms with van der Waals surface area (Å²) >= 11 is 0. The van der Waals surface area contributed by atoms with Crippen molar-refractivity contribution in [3.63, 3.8) is 0 Å². The maximum Gasteiger partial charge on any atom is 0.0789 e. The van der Waals surface area contributed by atoms with Gasteiger partial charge in [0.25, 0.3) is 0 Å². The molecule has 0 aromatic heterocycles. The summed E-state index contributed by atoms with van der Waals surface area (Å²) in [6.45, 7) is 3.93. The Labute approximate surface area is 105 Å². The van der Waals surface area contributed by atoms with Gasteiger partial charge >= 0.3 is 0 Å². The van der Waals surface area contributed by atoms with Gasteiger partial charge in [-0.2, -0.15) is 0 Å². The number of rotatable bonds is 6. The van der Waals surface area contributed by atoms with Gasteiger partial charge in [0.15, 0.2) is 0 Å². The van der Waals surface area contributed by atoms with Crippen LogP contribution in [0.1, 0.15) is 19.8 Å². The number of terminal acetylenes is 1. The molecule has 2 nitrogen and oxygen atoms in total. The largest absolute Gasteiger partial charge is 0.373 e. The van der Waals surface area contributed by atoms with Crippen molar-refractivity contribution < 1.29 is 0 Å². The summed E-state index contributed by atoms with van der Waals surface area (Å²) in [6.07, 6.45) is 7.79. The molecule has 0 unspecified atom stereocenters. The van der Waals surface area contributed by atoms with Gasteiger partial charge < -0.3 is 9.80 Å². The first-order chi connectivity index (χ1) is 8.20. The molecule has 1 rings (SSSR count). The predicted molar refractivity (Wildman–Crippen MR) is 76.7 cm³/mol. The molecule has 0 aliphatic heterocycles. The lowest BCUT2D eigenvalue weighted by molar-refractivity contribution is 0.765. The molecule has 0 N–H and O–H groups in total. The minimum atomic E-state index is 0.638. The van der Waals surface area contributed by atoms with Gasteiger partial charge in [0.2, 0.25) is 0 Å². The second-order valence-electron chi connectivity index (χ2n) is 4.32. The van der Waals surface area contributed by atoms with E-state index in [2.05, 4.69) is 54.0 Å². The Morgan fingerprint density at radius 1 is 1.12 bits per heavy atom. The second-order valence-corrected chi connectivity index (χ2v) is 4.32. The van der Waals surface area contributed by atoms with E-state index in [0.29, 0.717) is 6.54 Å². The lowest BCUT2D eigenvalue weighted by atomic mass is 10.2. The zero-order valence-electron chi connectivity index (χ0n) is 11.1. The Morgan fingerprint density at radius 3 is 2.24 bits per heavy atom. The quantitative estimate of drug-likeness (QED) is 0.693. The maximum absolute atomic E-state index is 5.37. The van der Waals surface area contributed by atoms with Gasteiger partial charge in [-0.15, -0.1) is 6.42 Å². The Bertz CT molecular complexity index is 379. The third kappa shape index (κ3) is 3.71. The molecule has 0 radical (unpaired) electrons. The summed E-state index contributed by atoms with van der Waals surface area (Å²) in [5.74, 6) is 2.68. The first kappa shape index (κ1) is 13.4. The third-order valence-electron chi connectivity index (χ3n) is 2.88.